The summed E-state index contributed by atoms with van der Waals surface area (Å²) >= 11 is 0. The van der Waals surface area contributed by atoms with Crippen molar-refractivity contribution < 1.29 is 9.59 Å². The molecule has 112 valence electrons. The van der Waals surface area contributed by atoms with E-state index in [1.807, 2.05) is 0 Å². The second kappa shape index (κ2) is 4.61. The summed E-state index contributed by atoms with van der Waals surface area (Å²) in [5, 5.41) is 0.338. The van der Waals surface area contributed by atoms with Gasteiger partial charge < -0.3 is 4.98 Å². The molecule has 1 aliphatic heterocycles. The average molecular weight is 305 g/mol. The van der Waals surface area contributed by atoms with E-state index < -0.39 is 11.8 Å². The summed E-state index contributed by atoms with van der Waals surface area (Å²) in [6.07, 6.45) is 1.27. The molecule has 1 N–H and O–H groups in total. The van der Waals surface area contributed by atoms with Crippen LogP contribution in [0.1, 0.15) is 26.3 Å². The summed E-state index contributed by atoms with van der Waals surface area (Å²) < 4.78 is 0. The van der Waals surface area contributed by atoms with Crippen LogP contribution in [0, 0.1) is 6.92 Å². The predicted molar refractivity (Wildman–Crippen MR) is 84.7 cm³/mol. The van der Waals surface area contributed by atoms with Crippen molar-refractivity contribution >= 4 is 28.4 Å². The minimum atomic E-state index is -0.400. The summed E-state index contributed by atoms with van der Waals surface area (Å²) in [6.45, 7) is 1.78. The molecule has 23 heavy (non-hydrogen) atoms. The molecule has 2 heterocycles. The number of hydrogen-bond donors (Lipinski definition) is 1. The Bertz CT molecular complexity index is 1020. The van der Waals surface area contributed by atoms with E-state index in [0.29, 0.717) is 33.3 Å². The third-order valence-corrected chi connectivity index (χ3v) is 4.00. The van der Waals surface area contributed by atoms with Crippen LogP contribution in [0.15, 0.2) is 47.5 Å². The fourth-order valence-corrected chi connectivity index (χ4v) is 2.90. The van der Waals surface area contributed by atoms with E-state index in [1.165, 1.54) is 6.33 Å². The van der Waals surface area contributed by atoms with Crippen LogP contribution in [0.2, 0.25) is 0 Å². The van der Waals surface area contributed by atoms with Crippen molar-refractivity contribution in [2.45, 2.75) is 6.92 Å². The van der Waals surface area contributed by atoms with E-state index in [-0.39, 0.29) is 5.56 Å². The predicted octanol–water partition coefficient (Wildman–Crippen LogP) is 2.03. The summed E-state index contributed by atoms with van der Waals surface area (Å²) in [6, 6.07) is 10.0. The van der Waals surface area contributed by atoms with Crippen LogP contribution in [0.4, 0.5) is 5.69 Å². The van der Waals surface area contributed by atoms with Crippen molar-refractivity contribution in [1.82, 2.24) is 9.97 Å². The van der Waals surface area contributed by atoms with E-state index in [0.717, 1.165) is 4.90 Å². The van der Waals surface area contributed by atoms with Crippen LogP contribution in [0.25, 0.3) is 10.9 Å². The number of imide groups is 1. The zero-order chi connectivity index (χ0) is 16.1. The number of rotatable bonds is 1. The van der Waals surface area contributed by atoms with Gasteiger partial charge in [-0.05, 0) is 30.7 Å². The van der Waals surface area contributed by atoms with Crippen molar-refractivity contribution in [3.63, 3.8) is 0 Å². The van der Waals surface area contributed by atoms with Crippen LogP contribution in [-0.4, -0.2) is 21.8 Å². The Balaban J connectivity index is 2.03. The summed E-state index contributed by atoms with van der Waals surface area (Å²) in [4.78, 5) is 45.1. The SMILES string of the molecule is Cc1ccc2c(=O)[nH]cnc2c1N1C(=O)c2ccccc2C1=O. The van der Waals surface area contributed by atoms with Crippen LogP contribution in [0.3, 0.4) is 0 Å². The number of carbonyl (C=O) groups is 2. The first-order valence-electron chi connectivity index (χ1n) is 7.04. The van der Waals surface area contributed by atoms with Crippen LogP contribution >= 0.6 is 0 Å². The van der Waals surface area contributed by atoms with E-state index in [2.05, 4.69) is 9.97 Å². The van der Waals surface area contributed by atoms with Crippen LogP contribution < -0.4 is 10.5 Å². The molecule has 0 saturated heterocycles. The van der Waals surface area contributed by atoms with Crippen molar-refractivity contribution in [2.24, 2.45) is 0 Å². The molecular formula is C17H11N3O3. The van der Waals surface area contributed by atoms with Crippen molar-refractivity contribution in [3.8, 4) is 0 Å². The third kappa shape index (κ3) is 1.75. The topological polar surface area (TPSA) is 83.1 Å². The zero-order valence-electron chi connectivity index (χ0n) is 12.2. The monoisotopic (exact) mass is 305 g/mol. The molecule has 0 spiro atoms. The van der Waals surface area contributed by atoms with E-state index >= 15 is 0 Å². The fourth-order valence-electron chi connectivity index (χ4n) is 2.90. The van der Waals surface area contributed by atoms with Crippen molar-refractivity contribution in [1.29, 1.82) is 0 Å². The molecule has 0 unspecified atom stereocenters. The molecule has 4 rings (SSSR count). The molecule has 2 aromatic carbocycles. The van der Waals surface area contributed by atoms with Crippen molar-refractivity contribution in [3.05, 3.63) is 69.8 Å². The number of aryl methyl sites for hydroxylation is 1. The molecular weight excluding hydrogens is 294 g/mol. The van der Waals surface area contributed by atoms with Gasteiger partial charge in [0, 0.05) is 0 Å². The Morgan fingerprint density at radius 1 is 0.957 bits per heavy atom. The number of hydrogen-bond acceptors (Lipinski definition) is 4. The first-order valence-corrected chi connectivity index (χ1v) is 7.04. The number of fused-ring (bicyclic) bond motifs is 2. The van der Waals surface area contributed by atoms with Gasteiger partial charge in [0.1, 0.15) is 5.52 Å². The van der Waals surface area contributed by atoms with Crippen LogP contribution in [-0.2, 0) is 0 Å². The Morgan fingerprint density at radius 2 is 1.61 bits per heavy atom. The Hall–Kier alpha value is -3.28. The summed E-state index contributed by atoms with van der Waals surface area (Å²) in [5.41, 5.74) is 1.80. The highest BCUT2D eigenvalue weighted by atomic mass is 16.2. The maximum Gasteiger partial charge on any atom is 0.266 e. The van der Waals surface area contributed by atoms with Gasteiger partial charge in [-0.25, -0.2) is 9.88 Å². The Labute approximate surface area is 130 Å². The van der Waals surface area contributed by atoms with Gasteiger partial charge in [-0.2, -0.15) is 0 Å². The smallest absolute Gasteiger partial charge is 0.266 e. The van der Waals surface area contributed by atoms with E-state index in [4.69, 9.17) is 0 Å². The third-order valence-electron chi connectivity index (χ3n) is 4.00. The molecule has 0 atom stereocenters. The van der Waals surface area contributed by atoms with Gasteiger partial charge >= 0.3 is 0 Å². The first-order chi connectivity index (χ1) is 11.1. The molecule has 0 aliphatic carbocycles. The highest BCUT2D eigenvalue weighted by Crippen LogP contribution is 2.34. The molecule has 6 nitrogen and oxygen atoms in total. The molecule has 3 aromatic rings. The molecule has 2 amide bonds. The molecule has 0 radical (unpaired) electrons. The summed E-state index contributed by atoms with van der Waals surface area (Å²) in [5.74, 6) is -0.799. The Kier molecular flexibility index (Phi) is 2.68. The lowest BCUT2D eigenvalue weighted by Gasteiger charge is -2.18. The molecule has 0 fully saturated rings. The molecule has 1 aliphatic rings. The second-order valence-electron chi connectivity index (χ2n) is 5.35. The van der Waals surface area contributed by atoms with Crippen molar-refractivity contribution in [2.75, 3.05) is 4.90 Å². The number of aromatic amines is 1. The first kappa shape index (κ1) is 13.4. The number of nitrogens with one attached hydrogen (secondary N) is 1. The average Bonchev–Trinajstić information content (AvgIpc) is 2.80. The van der Waals surface area contributed by atoms with Gasteiger partial charge in [0.2, 0.25) is 0 Å². The highest BCUT2D eigenvalue weighted by Gasteiger charge is 2.38. The number of aromatic nitrogens is 2. The Morgan fingerprint density at radius 3 is 2.26 bits per heavy atom. The van der Waals surface area contributed by atoms with Gasteiger partial charge in [0.25, 0.3) is 17.4 Å². The zero-order valence-corrected chi connectivity index (χ0v) is 12.2. The molecule has 0 bridgehead atoms. The lowest BCUT2D eigenvalue weighted by Crippen LogP contribution is -2.30. The van der Waals surface area contributed by atoms with Crippen LogP contribution in [0.5, 0.6) is 0 Å². The lowest BCUT2D eigenvalue weighted by molar-refractivity contribution is 0.0926. The maximum absolute atomic E-state index is 12.7. The normalized spacial score (nSPS) is 13.7. The minimum absolute atomic E-state index is 0.312. The quantitative estimate of drug-likeness (QED) is 0.697. The van der Waals surface area contributed by atoms with Gasteiger partial charge in [-0.3, -0.25) is 14.4 Å². The maximum atomic E-state index is 12.7. The summed E-state index contributed by atoms with van der Waals surface area (Å²) in [7, 11) is 0. The number of amides is 2. The van der Waals surface area contributed by atoms with E-state index in [1.54, 1.807) is 43.3 Å². The molecule has 0 saturated carbocycles. The number of benzene rings is 2. The highest BCUT2D eigenvalue weighted by molar-refractivity contribution is 6.36. The number of anilines is 1. The minimum Gasteiger partial charge on any atom is -0.313 e. The van der Waals surface area contributed by atoms with Gasteiger partial charge in [0.05, 0.1) is 28.5 Å². The largest absolute Gasteiger partial charge is 0.313 e. The lowest BCUT2D eigenvalue weighted by atomic mass is 10.1. The fraction of sp³-hybridized carbons (Fsp3) is 0.0588. The standard InChI is InChI=1S/C17H11N3O3/c1-9-6-7-12-13(18-8-19-15(12)21)14(9)20-16(22)10-4-2-3-5-11(10)17(20)23/h2-8H,1H3,(H,18,19,21). The van der Waals surface area contributed by atoms with Gasteiger partial charge in [-0.1, -0.05) is 18.2 Å². The van der Waals surface area contributed by atoms with Gasteiger partial charge in [0.15, 0.2) is 0 Å². The number of carbonyl (C=O) groups excluding carboxylic acids is 2. The number of H-pyrrole nitrogens is 1. The number of nitrogens with zero attached hydrogens (tertiary/aromatic N) is 2. The van der Waals surface area contributed by atoms with Gasteiger partial charge in [-0.15, -0.1) is 0 Å². The van der Waals surface area contributed by atoms with E-state index in [9.17, 15) is 14.4 Å². The molecule has 1 aromatic heterocycles. The molecule has 6 heteroatoms. The second-order valence-corrected chi connectivity index (χ2v) is 5.35.